The van der Waals surface area contributed by atoms with Gasteiger partial charge in [-0.15, -0.1) is 24.2 Å². The largest absolute Gasteiger partial charge is 0.309 e. The third-order valence-corrected chi connectivity index (χ3v) is 6.49. The van der Waals surface area contributed by atoms with Crippen LogP contribution in [-0.2, 0) is 6.42 Å². The van der Waals surface area contributed by atoms with Crippen molar-refractivity contribution in [3.63, 3.8) is 0 Å². The highest BCUT2D eigenvalue weighted by Gasteiger charge is 2.23. The van der Waals surface area contributed by atoms with Gasteiger partial charge in [-0.3, -0.25) is 9.69 Å². The third kappa shape index (κ3) is 5.72. The van der Waals surface area contributed by atoms with Gasteiger partial charge in [0.15, 0.2) is 5.13 Å². The molecule has 4 nitrogen and oxygen atoms in total. The van der Waals surface area contributed by atoms with E-state index in [1.54, 1.807) is 23.1 Å². The molecular weight excluding hydrogens is 422 g/mol. The Hall–Kier alpha value is -1.60. The fourth-order valence-corrected chi connectivity index (χ4v) is 4.73. The third-order valence-electron chi connectivity index (χ3n) is 4.65. The van der Waals surface area contributed by atoms with Gasteiger partial charge in [-0.2, -0.15) is 0 Å². The number of halogens is 1. The van der Waals surface area contributed by atoms with E-state index in [4.69, 9.17) is 4.98 Å². The Bertz CT molecular complexity index is 958. The van der Waals surface area contributed by atoms with Crippen molar-refractivity contribution in [1.29, 1.82) is 0 Å². The molecule has 1 heterocycles. The second kappa shape index (κ2) is 11.0. The van der Waals surface area contributed by atoms with Crippen LogP contribution in [0, 0.1) is 0 Å². The SMILES string of the molecule is CCc1ccc2nc(N(CCCN(C)C)C(=O)c3ccccc3SC)sc2c1.Cl. The van der Waals surface area contributed by atoms with Crippen LogP contribution < -0.4 is 4.90 Å². The summed E-state index contributed by atoms with van der Waals surface area (Å²) >= 11 is 3.21. The van der Waals surface area contributed by atoms with E-state index >= 15 is 0 Å². The first-order valence-electron chi connectivity index (χ1n) is 9.52. The average molecular weight is 450 g/mol. The smallest absolute Gasteiger partial charge is 0.261 e. The predicted octanol–water partition coefficient (Wildman–Crippen LogP) is 5.60. The van der Waals surface area contributed by atoms with Gasteiger partial charge in [0.1, 0.15) is 0 Å². The predicted molar refractivity (Wildman–Crippen MR) is 129 cm³/mol. The molecule has 3 rings (SSSR count). The van der Waals surface area contributed by atoms with E-state index in [9.17, 15) is 4.79 Å². The van der Waals surface area contributed by atoms with Gasteiger partial charge < -0.3 is 4.90 Å². The Labute approximate surface area is 187 Å². The van der Waals surface area contributed by atoms with Crippen molar-refractivity contribution in [3.05, 3.63) is 53.6 Å². The summed E-state index contributed by atoms with van der Waals surface area (Å²) in [5.74, 6) is 0.0264. The van der Waals surface area contributed by atoms with Gasteiger partial charge in [0.25, 0.3) is 5.91 Å². The molecule has 2 aromatic carbocycles. The average Bonchev–Trinajstić information content (AvgIpc) is 3.13. The number of thioether (sulfide) groups is 1. The van der Waals surface area contributed by atoms with Crippen LogP contribution in [0.3, 0.4) is 0 Å². The summed E-state index contributed by atoms with van der Waals surface area (Å²) < 4.78 is 1.14. The summed E-state index contributed by atoms with van der Waals surface area (Å²) in [6.45, 7) is 3.73. The normalized spacial score (nSPS) is 10.9. The van der Waals surface area contributed by atoms with E-state index in [1.165, 1.54) is 5.56 Å². The first-order chi connectivity index (χ1) is 13.5. The van der Waals surface area contributed by atoms with Crippen LogP contribution in [0.2, 0.25) is 0 Å². The number of aromatic nitrogens is 1. The zero-order valence-corrected chi connectivity index (χ0v) is 19.8. The maximum absolute atomic E-state index is 13.5. The topological polar surface area (TPSA) is 36.4 Å². The lowest BCUT2D eigenvalue weighted by molar-refractivity contribution is 0.0983. The Balaban J connectivity index is 0.00000300. The number of rotatable bonds is 8. The van der Waals surface area contributed by atoms with E-state index < -0.39 is 0 Å². The molecule has 0 aliphatic rings. The monoisotopic (exact) mass is 449 g/mol. The van der Waals surface area contributed by atoms with Gasteiger partial charge >= 0.3 is 0 Å². The van der Waals surface area contributed by atoms with Crippen LogP contribution in [0.25, 0.3) is 10.2 Å². The van der Waals surface area contributed by atoms with Gasteiger partial charge in [-0.25, -0.2) is 4.98 Å². The highest BCUT2D eigenvalue weighted by molar-refractivity contribution is 7.98. The molecule has 0 N–H and O–H groups in total. The molecule has 3 aromatic rings. The number of nitrogens with zero attached hydrogens (tertiary/aromatic N) is 3. The summed E-state index contributed by atoms with van der Waals surface area (Å²) in [6, 6.07) is 14.2. The fraction of sp³-hybridized carbons (Fsp3) is 0.364. The van der Waals surface area contributed by atoms with E-state index in [0.717, 1.165) is 45.2 Å². The molecule has 0 spiro atoms. The lowest BCUT2D eigenvalue weighted by Crippen LogP contribution is -2.33. The highest BCUT2D eigenvalue weighted by atomic mass is 35.5. The van der Waals surface area contributed by atoms with E-state index in [2.05, 4.69) is 44.1 Å². The summed E-state index contributed by atoms with van der Waals surface area (Å²) in [6.07, 6.45) is 3.90. The standard InChI is InChI=1S/C22H27N3OS2.ClH/c1-5-16-11-12-18-20(15-16)28-22(23-18)25(14-8-13-24(2)3)21(26)17-9-6-7-10-19(17)27-4;/h6-7,9-12,15H,5,8,13-14H2,1-4H3;1H. The molecule has 0 aliphatic carbocycles. The summed E-state index contributed by atoms with van der Waals surface area (Å²) in [5, 5.41) is 0.780. The van der Waals surface area contributed by atoms with Crippen LogP contribution in [-0.4, -0.2) is 49.2 Å². The summed E-state index contributed by atoms with van der Waals surface area (Å²) in [7, 11) is 4.11. The number of thiazole rings is 1. The van der Waals surface area contributed by atoms with Crippen molar-refractivity contribution in [2.75, 3.05) is 38.3 Å². The Morgan fingerprint density at radius 1 is 1.14 bits per heavy atom. The number of benzene rings is 2. The van der Waals surface area contributed by atoms with Crippen molar-refractivity contribution in [3.8, 4) is 0 Å². The maximum atomic E-state index is 13.5. The lowest BCUT2D eigenvalue weighted by Gasteiger charge is -2.22. The second-order valence-electron chi connectivity index (χ2n) is 6.97. The number of carbonyl (C=O) groups is 1. The van der Waals surface area contributed by atoms with Crippen LogP contribution in [0.4, 0.5) is 5.13 Å². The molecule has 0 atom stereocenters. The number of amides is 1. The second-order valence-corrected chi connectivity index (χ2v) is 8.82. The molecule has 0 bridgehead atoms. The molecule has 29 heavy (non-hydrogen) atoms. The Morgan fingerprint density at radius 2 is 1.90 bits per heavy atom. The van der Waals surface area contributed by atoms with Gasteiger partial charge in [0.05, 0.1) is 15.8 Å². The summed E-state index contributed by atoms with van der Waals surface area (Å²) in [4.78, 5) is 23.3. The van der Waals surface area contributed by atoms with Crippen molar-refractivity contribution in [2.45, 2.75) is 24.7 Å². The molecular formula is C22H28ClN3OS2. The number of aryl methyl sites for hydroxylation is 1. The molecule has 0 saturated heterocycles. The minimum atomic E-state index is 0. The fourth-order valence-electron chi connectivity index (χ4n) is 3.09. The molecule has 0 fully saturated rings. The van der Waals surface area contributed by atoms with E-state index in [0.29, 0.717) is 6.54 Å². The van der Waals surface area contributed by atoms with Crippen molar-refractivity contribution in [2.24, 2.45) is 0 Å². The number of hydrogen-bond donors (Lipinski definition) is 0. The molecule has 0 aliphatic heterocycles. The number of anilines is 1. The van der Waals surface area contributed by atoms with Crippen molar-refractivity contribution >= 4 is 56.8 Å². The molecule has 156 valence electrons. The van der Waals surface area contributed by atoms with Crippen LogP contribution in [0.1, 0.15) is 29.3 Å². The van der Waals surface area contributed by atoms with Crippen molar-refractivity contribution in [1.82, 2.24) is 9.88 Å². The number of hydrogen-bond acceptors (Lipinski definition) is 5. The zero-order chi connectivity index (χ0) is 20.1. The highest BCUT2D eigenvalue weighted by Crippen LogP contribution is 2.32. The first kappa shape index (κ1) is 23.7. The van der Waals surface area contributed by atoms with Crippen LogP contribution in [0.15, 0.2) is 47.4 Å². The van der Waals surface area contributed by atoms with Gasteiger partial charge in [-0.05, 0) is 69.6 Å². The number of fused-ring (bicyclic) bond motifs is 1. The minimum absolute atomic E-state index is 0. The first-order valence-corrected chi connectivity index (χ1v) is 11.6. The molecule has 7 heteroatoms. The maximum Gasteiger partial charge on any atom is 0.261 e. The van der Waals surface area contributed by atoms with Gasteiger partial charge in [0.2, 0.25) is 0 Å². The lowest BCUT2D eigenvalue weighted by atomic mass is 10.2. The van der Waals surface area contributed by atoms with Crippen molar-refractivity contribution < 1.29 is 4.79 Å². The van der Waals surface area contributed by atoms with Gasteiger partial charge in [0, 0.05) is 11.4 Å². The van der Waals surface area contributed by atoms with Crippen LogP contribution >= 0.6 is 35.5 Å². The minimum Gasteiger partial charge on any atom is -0.309 e. The number of carbonyl (C=O) groups excluding carboxylic acids is 1. The molecule has 0 radical (unpaired) electrons. The molecule has 1 aromatic heterocycles. The summed E-state index contributed by atoms with van der Waals surface area (Å²) in [5.41, 5.74) is 3.00. The molecule has 0 unspecified atom stereocenters. The Morgan fingerprint density at radius 3 is 2.59 bits per heavy atom. The van der Waals surface area contributed by atoms with Gasteiger partial charge in [-0.1, -0.05) is 36.5 Å². The van der Waals surface area contributed by atoms with Crippen LogP contribution in [0.5, 0.6) is 0 Å². The quantitative estimate of drug-likeness (QED) is 0.419. The zero-order valence-electron chi connectivity index (χ0n) is 17.3. The van der Waals surface area contributed by atoms with E-state index in [1.807, 2.05) is 35.4 Å². The molecule has 0 saturated carbocycles. The van der Waals surface area contributed by atoms with E-state index in [-0.39, 0.29) is 18.3 Å². The Kier molecular flexibility index (Phi) is 8.96. The molecule has 1 amide bonds.